The number of aliphatic imine (C=N–C) groups is 2. The lowest BCUT2D eigenvalue weighted by Crippen LogP contribution is -2.61. The summed E-state index contributed by atoms with van der Waals surface area (Å²) in [5, 5.41) is 33.9. The molecule has 1 aromatic heterocycles. The van der Waals surface area contributed by atoms with Crippen molar-refractivity contribution in [2.45, 2.75) is 108 Å². The number of hydrogen-bond acceptors (Lipinski definition) is 13. The first-order chi connectivity index (χ1) is 27.1. The zero-order valence-electron chi connectivity index (χ0n) is 32.4. The summed E-state index contributed by atoms with van der Waals surface area (Å²) in [6.07, 6.45) is 0.659. The Kier molecular flexibility index (Phi) is 21.2. The Morgan fingerprint density at radius 3 is 1.69 bits per heavy atom. The highest BCUT2D eigenvalue weighted by Gasteiger charge is 2.34. The van der Waals surface area contributed by atoms with Crippen molar-refractivity contribution >= 4 is 59.2 Å². The minimum absolute atomic E-state index is 0.00731. The van der Waals surface area contributed by atoms with Crippen molar-refractivity contribution in [3.8, 4) is 0 Å². The number of primary amides is 1. The van der Waals surface area contributed by atoms with Crippen LogP contribution in [0, 0.1) is 0 Å². The molecular formula is C32H56N16O10. The van der Waals surface area contributed by atoms with Gasteiger partial charge in [0.05, 0.1) is 24.9 Å². The number of carbonyl (C=O) groups is 8. The first-order valence-corrected chi connectivity index (χ1v) is 18.0. The summed E-state index contributed by atoms with van der Waals surface area (Å²) in [5.41, 5.74) is 32.9. The lowest BCUT2D eigenvalue weighted by Gasteiger charge is -2.27. The third-order valence-corrected chi connectivity index (χ3v) is 8.08. The van der Waals surface area contributed by atoms with Crippen LogP contribution in [0.4, 0.5) is 0 Å². The Labute approximate surface area is 332 Å². The van der Waals surface area contributed by atoms with Gasteiger partial charge in [0.15, 0.2) is 11.9 Å². The van der Waals surface area contributed by atoms with Crippen molar-refractivity contribution < 1.29 is 48.6 Å². The number of nitrogens with zero attached hydrogens (tertiary/aromatic N) is 3. The van der Waals surface area contributed by atoms with Gasteiger partial charge in [-0.2, -0.15) is 0 Å². The minimum atomic E-state index is -1.76. The van der Waals surface area contributed by atoms with Gasteiger partial charge in [-0.15, -0.1) is 0 Å². The van der Waals surface area contributed by atoms with Crippen LogP contribution in [0.2, 0.25) is 0 Å². The van der Waals surface area contributed by atoms with Gasteiger partial charge in [0.2, 0.25) is 41.4 Å². The van der Waals surface area contributed by atoms with Crippen LogP contribution in [-0.4, -0.2) is 141 Å². The first kappa shape index (κ1) is 49.4. The number of amides is 7. The molecule has 0 saturated carbocycles. The molecule has 0 aliphatic rings. The molecule has 0 aliphatic heterocycles. The van der Waals surface area contributed by atoms with E-state index in [9.17, 15) is 48.6 Å². The second kappa shape index (κ2) is 24.8. The van der Waals surface area contributed by atoms with E-state index in [1.807, 2.05) is 0 Å². The molecule has 0 unspecified atom stereocenters. The van der Waals surface area contributed by atoms with Gasteiger partial charge in [0, 0.05) is 31.4 Å². The number of aromatic amines is 1. The number of carboxylic acids is 1. The lowest BCUT2D eigenvalue weighted by molar-refractivity contribution is -0.142. The van der Waals surface area contributed by atoms with Crippen LogP contribution < -0.4 is 66.3 Å². The number of hydrogen-bond donors (Lipinski definition) is 15. The molecule has 8 atom stereocenters. The Morgan fingerprint density at radius 2 is 1.19 bits per heavy atom. The molecular weight excluding hydrogens is 768 g/mol. The van der Waals surface area contributed by atoms with Crippen molar-refractivity contribution in [1.82, 2.24) is 41.9 Å². The van der Waals surface area contributed by atoms with E-state index >= 15 is 0 Å². The lowest BCUT2D eigenvalue weighted by atomic mass is 10.1. The van der Waals surface area contributed by atoms with Crippen LogP contribution in [-0.2, 0) is 44.8 Å². The van der Waals surface area contributed by atoms with Gasteiger partial charge in [0.25, 0.3) is 0 Å². The Balaban J connectivity index is 3.10. The van der Waals surface area contributed by atoms with Crippen molar-refractivity contribution in [1.29, 1.82) is 0 Å². The standard InChI is InChI=1S/C32H56N16O10/c1-14(24(51)47-21(30(57)58)10-17-12-39-13-42-17)44-27(54)19(7-5-9-41-32(37)38)45-28(55)20(11-22(34)50)46-29(56)23(16(3)49)48-25(52)15(2)43-26(53)18(33)6-4-8-40-31(35)36/h12-16,18-21,23,49H,4-11,33H2,1-3H3,(H2,34,50)(H,39,42)(H,43,53)(H,44,54)(H,45,55)(H,46,56)(H,47,51)(H,48,52)(H,57,58)(H4,35,36,40)(H4,37,38,41)/t14-,15-,16+,18-,19-,20-,21-,23-/m0/s1. The molecule has 58 heavy (non-hydrogen) atoms. The maximum Gasteiger partial charge on any atom is 0.326 e. The molecule has 0 spiro atoms. The number of guanidine groups is 2. The number of aliphatic carboxylic acids is 1. The fourth-order valence-electron chi connectivity index (χ4n) is 4.93. The SMILES string of the molecule is C[C@H](NC(=O)[C@H](CCCN=C(N)N)NC(=O)[C@H](CC(N)=O)NC(=O)[C@@H](NC(=O)[C@H](C)NC(=O)[C@@H](N)CCCN=C(N)N)[C@@H](C)O)C(=O)N[C@@H](Cc1cnc[nH]1)C(=O)O. The summed E-state index contributed by atoms with van der Waals surface area (Å²) in [4.78, 5) is 117. The maximum absolute atomic E-state index is 13.5. The number of imidazole rings is 1. The van der Waals surface area contributed by atoms with Gasteiger partial charge in [-0.1, -0.05) is 0 Å². The van der Waals surface area contributed by atoms with Gasteiger partial charge in [-0.3, -0.25) is 43.5 Å². The fraction of sp³-hybridized carbons (Fsp3) is 0.594. The second-order valence-corrected chi connectivity index (χ2v) is 13.2. The molecule has 324 valence electrons. The zero-order valence-corrected chi connectivity index (χ0v) is 32.4. The normalized spacial score (nSPS) is 14.9. The average Bonchev–Trinajstić information content (AvgIpc) is 3.65. The molecule has 0 fully saturated rings. The van der Waals surface area contributed by atoms with Crippen molar-refractivity contribution in [2.75, 3.05) is 13.1 Å². The van der Waals surface area contributed by atoms with E-state index in [2.05, 4.69) is 51.9 Å². The molecule has 7 amide bonds. The van der Waals surface area contributed by atoms with Crippen molar-refractivity contribution in [3.05, 3.63) is 18.2 Å². The van der Waals surface area contributed by atoms with Gasteiger partial charge in [-0.05, 0) is 46.5 Å². The number of carbonyl (C=O) groups excluding carboxylic acids is 7. The third kappa shape index (κ3) is 18.8. The van der Waals surface area contributed by atoms with Crippen LogP contribution >= 0.6 is 0 Å². The third-order valence-electron chi connectivity index (χ3n) is 8.08. The van der Waals surface area contributed by atoms with E-state index in [-0.39, 0.29) is 50.7 Å². The first-order valence-electron chi connectivity index (χ1n) is 18.0. The molecule has 0 aromatic carbocycles. The van der Waals surface area contributed by atoms with Crippen LogP contribution in [0.5, 0.6) is 0 Å². The number of nitrogens with one attached hydrogen (secondary N) is 7. The predicted molar refractivity (Wildman–Crippen MR) is 206 cm³/mol. The van der Waals surface area contributed by atoms with Crippen LogP contribution in [0.1, 0.15) is 58.6 Å². The summed E-state index contributed by atoms with van der Waals surface area (Å²) in [7, 11) is 0. The van der Waals surface area contributed by atoms with Gasteiger partial charge >= 0.3 is 5.97 Å². The van der Waals surface area contributed by atoms with Crippen molar-refractivity contribution in [2.24, 2.45) is 44.4 Å². The largest absolute Gasteiger partial charge is 0.480 e. The molecule has 26 heteroatoms. The smallest absolute Gasteiger partial charge is 0.326 e. The second-order valence-electron chi connectivity index (χ2n) is 13.2. The molecule has 1 aromatic rings. The zero-order chi connectivity index (χ0) is 44.1. The van der Waals surface area contributed by atoms with Gasteiger partial charge in [0.1, 0.15) is 36.3 Å². The van der Waals surface area contributed by atoms with Crippen molar-refractivity contribution in [3.63, 3.8) is 0 Å². The van der Waals surface area contributed by atoms with E-state index in [1.165, 1.54) is 26.4 Å². The van der Waals surface area contributed by atoms with Crippen LogP contribution in [0.25, 0.3) is 0 Å². The number of nitrogens with two attached hydrogens (primary N) is 6. The highest BCUT2D eigenvalue weighted by atomic mass is 16.4. The molecule has 21 N–H and O–H groups in total. The van der Waals surface area contributed by atoms with Gasteiger partial charge in [-0.25, -0.2) is 9.78 Å². The maximum atomic E-state index is 13.5. The summed E-state index contributed by atoms with van der Waals surface area (Å²) >= 11 is 0. The number of aliphatic hydroxyl groups excluding tert-OH is 1. The summed E-state index contributed by atoms with van der Waals surface area (Å²) in [6, 6.07) is -9.95. The quantitative estimate of drug-likeness (QED) is 0.0234. The Morgan fingerprint density at radius 1 is 0.690 bits per heavy atom. The highest BCUT2D eigenvalue weighted by Crippen LogP contribution is 2.06. The van der Waals surface area contributed by atoms with E-state index in [4.69, 9.17) is 34.4 Å². The average molecular weight is 825 g/mol. The molecule has 0 saturated heterocycles. The number of aliphatic hydroxyl groups is 1. The van der Waals surface area contributed by atoms with E-state index in [1.54, 1.807) is 0 Å². The van der Waals surface area contributed by atoms with E-state index in [0.29, 0.717) is 12.1 Å². The number of aromatic nitrogens is 2. The van der Waals surface area contributed by atoms with E-state index in [0.717, 1.165) is 6.92 Å². The molecule has 1 heterocycles. The molecule has 26 nitrogen and oxygen atoms in total. The fourth-order valence-corrected chi connectivity index (χ4v) is 4.93. The molecule has 0 aliphatic carbocycles. The summed E-state index contributed by atoms with van der Waals surface area (Å²) in [6.45, 7) is 3.92. The molecule has 1 rings (SSSR count). The topological polar surface area (TPSA) is 459 Å². The van der Waals surface area contributed by atoms with E-state index < -0.39 is 102 Å². The summed E-state index contributed by atoms with van der Waals surface area (Å²) < 4.78 is 0. The Bertz CT molecular complexity index is 1630. The number of H-pyrrole nitrogens is 1. The number of rotatable bonds is 26. The monoisotopic (exact) mass is 824 g/mol. The summed E-state index contributed by atoms with van der Waals surface area (Å²) in [5.74, 6) is -8.50. The minimum Gasteiger partial charge on any atom is -0.480 e. The molecule has 0 radical (unpaired) electrons. The van der Waals surface area contributed by atoms with Gasteiger partial charge < -0.3 is 81.5 Å². The highest BCUT2D eigenvalue weighted by molar-refractivity contribution is 5.98. The molecule has 0 bridgehead atoms. The Hall–Kier alpha value is -6.57. The van der Waals surface area contributed by atoms with Crippen LogP contribution in [0.15, 0.2) is 22.5 Å². The number of carboxylic acid groups (broad SMARTS) is 1. The predicted octanol–water partition coefficient (Wildman–Crippen LogP) is -7.32. The van der Waals surface area contributed by atoms with Crippen LogP contribution in [0.3, 0.4) is 0 Å².